The van der Waals surface area contributed by atoms with Crippen molar-refractivity contribution in [3.63, 3.8) is 0 Å². The molecule has 3 heterocycles. The van der Waals surface area contributed by atoms with Gasteiger partial charge in [0.25, 0.3) is 0 Å². The highest BCUT2D eigenvalue weighted by molar-refractivity contribution is 8.16. The Morgan fingerprint density at radius 2 is 1.73 bits per heavy atom. The minimum Gasteiger partial charge on any atom is -0.266 e. The number of hydrogen-bond acceptors (Lipinski definition) is 6. The van der Waals surface area contributed by atoms with Gasteiger partial charge in [0.2, 0.25) is 0 Å². The lowest BCUT2D eigenvalue weighted by atomic mass is 10.1. The maximum Gasteiger partial charge on any atom is 0.121 e. The van der Waals surface area contributed by atoms with Crippen LogP contribution in [0.2, 0.25) is 0 Å². The van der Waals surface area contributed by atoms with E-state index in [0.717, 1.165) is 32.3 Å². The Labute approximate surface area is 167 Å². The molecule has 0 spiro atoms. The highest BCUT2D eigenvalue weighted by Gasteiger charge is 2.44. The lowest BCUT2D eigenvalue weighted by Crippen LogP contribution is -2.31. The van der Waals surface area contributed by atoms with Crippen LogP contribution in [0.3, 0.4) is 0 Å². The molecule has 26 heavy (non-hydrogen) atoms. The highest BCUT2D eigenvalue weighted by atomic mass is 32.2. The summed E-state index contributed by atoms with van der Waals surface area (Å²) >= 11 is 5.36. The number of thiazole rings is 1. The van der Waals surface area contributed by atoms with Gasteiger partial charge in [0.15, 0.2) is 0 Å². The van der Waals surface area contributed by atoms with E-state index in [4.69, 9.17) is 9.98 Å². The summed E-state index contributed by atoms with van der Waals surface area (Å²) in [4.78, 5) is 14.8. The molecule has 0 radical (unpaired) electrons. The fourth-order valence-corrected chi connectivity index (χ4v) is 6.39. The Morgan fingerprint density at radius 3 is 2.46 bits per heavy atom. The fraction of sp³-hybridized carbons (Fsp3) is 0.350. The summed E-state index contributed by atoms with van der Waals surface area (Å²) in [6.07, 6.45) is 4.25. The topological polar surface area (TPSA) is 37.6 Å². The Morgan fingerprint density at radius 1 is 0.962 bits per heavy atom. The number of aliphatic imine (C=N–C) groups is 2. The summed E-state index contributed by atoms with van der Waals surface area (Å²) in [5.41, 5.74) is 1.83. The molecule has 1 aromatic heterocycles. The predicted molar refractivity (Wildman–Crippen MR) is 118 cm³/mol. The van der Waals surface area contributed by atoms with Gasteiger partial charge in [-0.25, -0.2) is 4.98 Å². The zero-order valence-corrected chi connectivity index (χ0v) is 17.5. The lowest BCUT2D eigenvalue weighted by molar-refractivity contribution is 0.567. The van der Waals surface area contributed by atoms with Crippen molar-refractivity contribution in [3.8, 4) is 0 Å². The second kappa shape index (κ2) is 6.98. The van der Waals surface area contributed by atoms with Crippen molar-refractivity contribution in [2.75, 3.05) is 11.5 Å². The summed E-state index contributed by atoms with van der Waals surface area (Å²) in [7, 11) is 0. The summed E-state index contributed by atoms with van der Waals surface area (Å²) in [6, 6.07) is 10.4. The summed E-state index contributed by atoms with van der Waals surface area (Å²) < 4.78 is 0. The first kappa shape index (κ1) is 18.0. The highest BCUT2D eigenvalue weighted by Crippen LogP contribution is 2.44. The molecule has 0 unspecified atom stereocenters. The molecule has 0 bridgehead atoms. The van der Waals surface area contributed by atoms with Crippen molar-refractivity contribution < 1.29 is 0 Å². The lowest BCUT2D eigenvalue weighted by Gasteiger charge is -2.19. The average molecular weight is 400 g/mol. The van der Waals surface area contributed by atoms with E-state index in [9.17, 15) is 0 Å². The van der Waals surface area contributed by atoms with Gasteiger partial charge in [-0.3, -0.25) is 9.98 Å². The molecule has 2 atom stereocenters. The molecule has 0 fully saturated rings. The van der Waals surface area contributed by atoms with Gasteiger partial charge in [-0.05, 0) is 32.4 Å². The van der Waals surface area contributed by atoms with Crippen molar-refractivity contribution in [1.29, 1.82) is 0 Å². The van der Waals surface area contributed by atoms with E-state index in [1.54, 1.807) is 11.3 Å². The third-order valence-electron chi connectivity index (χ3n) is 4.45. The molecular weight excluding hydrogens is 378 g/mol. The molecule has 3 nitrogen and oxygen atoms in total. The van der Waals surface area contributed by atoms with Crippen molar-refractivity contribution in [1.82, 2.24) is 4.98 Å². The maximum absolute atomic E-state index is 5.09. The van der Waals surface area contributed by atoms with Crippen LogP contribution in [0.5, 0.6) is 0 Å². The van der Waals surface area contributed by atoms with E-state index in [0.29, 0.717) is 0 Å². The summed E-state index contributed by atoms with van der Waals surface area (Å²) in [5.74, 6) is 1.89. The van der Waals surface area contributed by atoms with Crippen LogP contribution < -0.4 is 0 Å². The van der Waals surface area contributed by atoms with E-state index in [-0.39, 0.29) is 11.1 Å². The number of benzene rings is 1. The van der Waals surface area contributed by atoms with Gasteiger partial charge in [-0.1, -0.05) is 36.4 Å². The van der Waals surface area contributed by atoms with Gasteiger partial charge < -0.3 is 0 Å². The van der Waals surface area contributed by atoms with E-state index in [1.165, 1.54) is 5.56 Å². The zero-order chi connectivity index (χ0) is 18.2. The third kappa shape index (κ3) is 3.55. The Kier molecular flexibility index (Phi) is 4.84. The molecule has 6 heteroatoms. The monoisotopic (exact) mass is 399 g/mol. The van der Waals surface area contributed by atoms with Crippen LogP contribution >= 0.6 is 34.9 Å². The van der Waals surface area contributed by atoms with Crippen LogP contribution in [0.15, 0.2) is 51.8 Å². The minimum absolute atomic E-state index is 0.218. The normalized spacial score (nSPS) is 28.6. The molecular formula is C20H21N3S3. The van der Waals surface area contributed by atoms with Gasteiger partial charge in [0.05, 0.1) is 10.1 Å². The second-order valence-corrected chi connectivity index (χ2v) is 9.85. The standard InChI is InChI=1S/C20H21N3S3/c1-14-11-24-17(21-14)19(2)13-26-18(23-19)20(3)12-25-16(22-20)10-9-15-7-5-4-6-8-15/h4-11H,12-13H2,1-3H3/b10-9+/t19-,20-/m1/s1. The Bertz CT molecular complexity index is 900. The first-order valence-corrected chi connectivity index (χ1v) is 11.4. The van der Waals surface area contributed by atoms with E-state index in [1.807, 2.05) is 36.5 Å². The number of nitrogens with zero attached hydrogens (tertiary/aromatic N) is 3. The molecule has 0 saturated carbocycles. The van der Waals surface area contributed by atoms with Crippen LogP contribution in [-0.4, -0.2) is 32.1 Å². The first-order valence-electron chi connectivity index (χ1n) is 8.58. The minimum atomic E-state index is -0.226. The smallest absolute Gasteiger partial charge is 0.121 e. The van der Waals surface area contributed by atoms with Crippen LogP contribution in [0.4, 0.5) is 0 Å². The molecule has 4 rings (SSSR count). The number of rotatable bonds is 4. The maximum atomic E-state index is 5.09. The van der Waals surface area contributed by atoms with E-state index >= 15 is 0 Å². The van der Waals surface area contributed by atoms with Crippen LogP contribution in [0, 0.1) is 6.92 Å². The van der Waals surface area contributed by atoms with Crippen molar-refractivity contribution in [3.05, 3.63) is 58.1 Å². The molecule has 2 aromatic rings. The van der Waals surface area contributed by atoms with Crippen molar-refractivity contribution in [2.45, 2.75) is 31.8 Å². The summed E-state index contributed by atoms with van der Waals surface area (Å²) in [6.45, 7) is 6.44. The molecule has 0 N–H and O–H groups in total. The van der Waals surface area contributed by atoms with Gasteiger partial charge in [-0.15, -0.1) is 34.9 Å². The Hall–Kier alpha value is -1.37. The number of aryl methyl sites for hydroxylation is 1. The SMILES string of the molecule is Cc1csc([C@@]2(C)CSC([C@@]3(C)CSC(/C=C/c4ccccc4)=N3)=N2)n1. The Balaban J connectivity index is 1.55. The predicted octanol–water partition coefficient (Wildman–Crippen LogP) is 5.43. The van der Waals surface area contributed by atoms with Gasteiger partial charge in [0, 0.05) is 22.6 Å². The van der Waals surface area contributed by atoms with Crippen molar-refractivity contribution >= 4 is 51.0 Å². The van der Waals surface area contributed by atoms with Crippen LogP contribution in [-0.2, 0) is 5.54 Å². The summed E-state index contributed by atoms with van der Waals surface area (Å²) in [5, 5.41) is 5.44. The van der Waals surface area contributed by atoms with Crippen LogP contribution in [0.1, 0.15) is 30.1 Å². The molecule has 0 aliphatic carbocycles. The van der Waals surface area contributed by atoms with Gasteiger partial charge in [-0.2, -0.15) is 0 Å². The molecule has 0 saturated heterocycles. The first-order chi connectivity index (χ1) is 12.5. The zero-order valence-electron chi connectivity index (χ0n) is 15.1. The van der Waals surface area contributed by atoms with Gasteiger partial charge in [0.1, 0.15) is 16.1 Å². The molecule has 0 amide bonds. The molecule has 1 aromatic carbocycles. The molecule has 2 aliphatic heterocycles. The van der Waals surface area contributed by atoms with Crippen molar-refractivity contribution in [2.24, 2.45) is 9.98 Å². The van der Waals surface area contributed by atoms with Gasteiger partial charge >= 0.3 is 0 Å². The molecule has 2 aliphatic rings. The number of aromatic nitrogens is 1. The fourth-order valence-electron chi connectivity index (χ4n) is 2.93. The largest absolute Gasteiger partial charge is 0.266 e. The third-order valence-corrected chi connectivity index (χ3v) is 8.41. The average Bonchev–Trinajstić information content (AvgIpc) is 3.34. The second-order valence-electron chi connectivity index (χ2n) is 7.03. The number of hydrogen-bond donors (Lipinski definition) is 0. The quantitative estimate of drug-likeness (QED) is 0.688. The van der Waals surface area contributed by atoms with E-state index < -0.39 is 0 Å². The molecule has 134 valence electrons. The number of thioether (sulfide) groups is 2. The van der Waals surface area contributed by atoms with E-state index in [2.05, 4.69) is 60.6 Å². The van der Waals surface area contributed by atoms with Crippen LogP contribution in [0.25, 0.3) is 6.08 Å².